The third-order valence-corrected chi connectivity index (χ3v) is 5.83. The van der Waals surface area contributed by atoms with Crippen LogP contribution in [0, 0.1) is 0 Å². The fourth-order valence-corrected chi connectivity index (χ4v) is 4.15. The van der Waals surface area contributed by atoms with Crippen molar-refractivity contribution in [3.63, 3.8) is 0 Å². The number of rotatable bonds is 7. The van der Waals surface area contributed by atoms with Crippen LogP contribution in [0.15, 0.2) is 72.5 Å². The van der Waals surface area contributed by atoms with E-state index in [0.29, 0.717) is 17.4 Å². The first kappa shape index (κ1) is 19.6. The van der Waals surface area contributed by atoms with Crippen molar-refractivity contribution in [2.75, 3.05) is 6.61 Å². The number of thioether (sulfide) groups is 1. The highest BCUT2D eigenvalue weighted by atomic mass is 35.5. The van der Waals surface area contributed by atoms with Gasteiger partial charge in [-0.3, -0.25) is 0 Å². The summed E-state index contributed by atoms with van der Waals surface area (Å²) in [7, 11) is 0. The van der Waals surface area contributed by atoms with E-state index in [-0.39, 0.29) is 0 Å². The summed E-state index contributed by atoms with van der Waals surface area (Å²) in [5, 5.41) is 6.21. The second-order valence-electron chi connectivity index (χ2n) is 6.40. The second-order valence-corrected chi connectivity index (χ2v) is 7.78. The molecule has 0 radical (unpaired) electrons. The molecule has 4 nitrogen and oxygen atoms in total. The molecule has 0 aliphatic carbocycles. The van der Waals surface area contributed by atoms with Gasteiger partial charge in [0, 0.05) is 23.7 Å². The zero-order valence-electron chi connectivity index (χ0n) is 16.0. The van der Waals surface area contributed by atoms with E-state index in [4.69, 9.17) is 21.4 Å². The maximum Gasteiger partial charge on any atom is 0.137 e. The van der Waals surface area contributed by atoms with E-state index in [9.17, 15) is 0 Å². The van der Waals surface area contributed by atoms with Gasteiger partial charge in [0.15, 0.2) is 0 Å². The molecule has 0 atom stereocenters. The van der Waals surface area contributed by atoms with Gasteiger partial charge < -0.3 is 4.74 Å². The minimum atomic E-state index is 0.579. The Hall–Kier alpha value is -2.76. The lowest BCUT2D eigenvalue weighted by atomic mass is 10.1. The Labute approximate surface area is 179 Å². The van der Waals surface area contributed by atoms with Crippen molar-refractivity contribution in [3.8, 4) is 17.0 Å². The minimum absolute atomic E-state index is 0.579. The first-order chi connectivity index (χ1) is 14.2. The molecule has 2 aromatic heterocycles. The van der Waals surface area contributed by atoms with E-state index in [1.54, 1.807) is 18.0 Å². The third-order valence-electron chi connectivity index (χ3n) is 4.47. The second kappa shape index (κ2) is 8.72. The molecule has 0 aliphatic rings. The first-order valence-electron chi connectivity index (χ1n) is 9.29. The molecule has 0 saturated heterocycles. The highest BCUT2D eigenvalue weighted by molar-refractivity contribution is 7.98. The molecule has 146 valence electrons. The Balaban J connectivity index is 1.59. The van der Waals surface area contributed by atoms with Gasteiger partial charge in [0.05, 0.1) is 22.8 Å². The smallest absolute Gasteiger partial charge is 0.137 e. The van der Waals surface area contributed by atoms with E-state index in [0.717, 1.165) is 33.1 Å². The SMILES string of the molecule is C=Cc1ccc(CSc2nccn3nc(-c4ccc(OCC)c(Cl)c4)cc23)cc1. The molecule has 0 bridgehead atoms. The summed E-state index contributed by atoms with van der Waals surface area (Å²) in [5.74, 6) is 1.52. The van der Waals surface area contributed by atoms with Crippen molar-refractivity contribution in [2.45, 2.75) is 17.7 Å². The van der Waals surface area contributed by atoms with Crippen LogP contribution in [0.3, 0.4) is 0 Å². The predicted octanol–water partition coefficient (Wildman–Crippen LogP) is 6.38. The summed E-state index contributed by atoms with van der Waals surface area (Å²) in [4.78, 5) is 4.56. The monoisotopic (exact) mass is 421 g/mol. The maximum absolute atomic E-state index is 6.34. The summed E-state index contributed by atoms with van der Waals surface area (Å²) in [6, 6.07) is 16.2. The molecular formula is C23H20ClN3OS. The number of ether oxygens (including phenoxy) is 1. The van der Waals surface area contributed by atoms with Gasteiger partial charge in [0.25, 0.3) is 0 Å². The Morgan fingerprint density at radius 3 is 2.72 bits per heavy atom. The number of nitrogens with zero attached hydrogens (tertiary/aromatic N) is 3. The van der Waals surface area contributed by atoms with E-state index in [1.807, 2.05) is 48.0 Å². The van der Waals surface area contributed by atoms with Crippen molar-refractivity contribution in [3.05, 3.63) is 83.7 Å². The summed E-state index contributed by atoms with van der Waals surface area (Å²) >= 11 is 8.04. The van der Waals surface area contributed by atoms with Gasteiger partial charge in [0.2, 0.25) is 0 Å². The average Bonchev–Trinajstić information content (AvgIpc) is 3.19. The molecule has 29 heavy (non-hydrogen) atoms. The molecule has 0 amide bonds. The van der Waals surface area contributed by atoms with Crippen molar-refractivity contribution in [2.24, 2.45) is 0 Å². The summed E-state index contributed by atoms with van der Waals surface area (Å²) in [6.45, 7) is 6.31. The van der Waals surface area contributed by atoms with Gasteiger partial charge in [0.1, 0.15) is 10.8 Å². The van der Waals surface area contributed by atoms with Crippen molar-refractivity contribution in [1.82, 2.24) is 14.6 Å². The molecule has 0 N–H and O–H groups in total. The first-order valence-corrected chi connectivity index (χ1v) is 10.7. The largest absolute Gasteiger partial charge is 0.492 e. The topological polar surface area (TPSA) is 39.4 Å². The van der Waals surface area contributed by atoms with E-state index in [1.165, 1.54) is 5.56 Å². The molecule has 4 rings (SSSR count). The minimum Gasteiger partial charge on any atom is -0.492 e. The fourth-order valence-electron chi connectivity index (χ4n) is 2.98. The number of fused-ring (bicyclic) bond motifs is 1. The molecule has 0 unspecified atom stereocenters. The van der Waals surface area contributed by atoms with Gasteiger partial charge in [-0.2, -0.15) is 5.10 Å². The maximum atomic E-state index is 6.34. The Kier molecular flexibility index (Phi) is 5.88. The molecule has 4 aromatic rings. The fraction of sp³-hybridized carbons (Fsp3) is 0.130. The lowest BCUT2D eigenvalue weighted by molar-refractivity contribution is 0.340. The molecule has 2 aromatic carbocycles. The molecule has 2 heterocycles. The third kappa shape index (κ3) is 4.31. The van der Waals surface area contributed by atoms with Crippen LogP contribution < -0.4 is 4.74 Å². The normalized spacial score (nSPS) is 11.0. The van der Waals surface area contributed by atoms with Crippen LogP contribution >= 0.6 is 23.4 Å². The lowest BCUT2D eigenvalue weighted by Crippen LogP contribution is -1.93. The molecule has 0 spiro atoms. The van der Waals surface area contributed by atoms with Crippen LogP contribution in [-0.4, -0.2) is 21.2 Å². The van der Waals surface area contributed by atoms with Gasteiger partial charge >= 0.3 is 0 Å². The van der Waals surface area contributed by atoms with Gasteiger partial charge in [-0.25, -0.2) is 9.50 Å². The van der Waals surface area contributed by atoms with Crippen LogP contribution in [0.5, 0.6) is 5.75 Å². The summed E-state index contributed by atoms with van der Waals surface area (Å²) < 4.78 is 7.37. The number of benzene rings is 2. The number of hydrogen-bond acceptors (Lipinski definition) is 4. The zero-order chi connectivity index (χ0) is 20.2. The number of halogens is 1. The van der Waals surface area contributed by atoms with Crippen LogP contribution in [0.4, 0.5) is 0 Å². The quantitative estimate of drug-likeness (QED) is 0.324. The van der Waals surface area contributed by atoms with Crippen LogP contribution in [0.1, 0.15) is 18.1 Å². The van der Waals surface area contributed by atoms with Crippen molar-refractivity contribution >= 4 is 35.0 Å². The molecule has 6 heteroatoms. The highest BCUT2D eigenvalue weighted by Crippen LogP contribution is 2.32. The van der Waals surface area contributed by atoms with Gasteiger partial charge in [-0.1, -0.05) is 60.3 Å². The number of aromatic nitrogens is 3. The van der Waals surface area contributed by atoms with Crippen LogP contribution in [0.2, 0.25) is 5.02 Å². The van der Waals surface area contributed by atoms with E-state index in [2.05, 4.69) is 35.8 Å². The van der Waals surface area contributed by atoms with E-state index < -0.39 is 0 Å². The Bertz CT molecular complexity index is 1150. The molecule has 0 aliphatic heterocycles. The van der Waals surface area contributed by atoms with E-state index >= 15 is 0 Å². The summed E-state index contributed by atoms with van der Waals surface area (Å²) in [6.07, 6.45) is 5.48. The number of hydrogen-bond donors (Lipinski definition) is 0. The molecule has 0 fully saturated rings. The summed E-state index contributed by atoms with van der Waals surface area (Å²) in [5.41, 5.74) is 5.12. The van der Waals surface area contributed by atoms with Crippen LogP contribution in [0.25, 0.3) is 22.9 Å². The van der Waals surface area contributed by atoms with Crippen LogP contribution in [-0.2, 0) is 5.75 Å². The molecule has 0 saturated carbocycles. The van der Waals surface area contributed by atoms with Gasteiger partial charge in [-0.15, -0.1) is 0 Å². The average molecular weight is 422 g/mol. The van der Waals surface area contributed by atoms with Crippen molar-refractivity contribution in [1.29, 1.82) is 0 Å². The van der Waals surface area contributed by atoms with Crippen molar-refractivity contribution < 1.29 is 4.74 Å². The van der Waals surface area contributed by atoms with Gasteiger partial charge in [-0.05, 0) is 42.3 Å². The standard InChI is InChI=1S/C23H20ClN3OS/c1-3-16-5-7-17(8-6-16)15-29-23-21-14-20(26-27(21)12-11-25-23)18-9-10-22(28-4-2)19(24)13-18/h3,5-14H,1,4,15H2,2H3. The predicted molar refractivity (Wildman–Crippen MR) is 121 cm³/mol. The Morgan fingerprint density at radius 2 is 2.00 bits per heavy atom. The highest BCUT2D eigenvalue weighted by Gasteiger charge is 2.11. The zero-order valence-corrected chi connectivity index (χ0v) is 17.6. The molecular weight excluding hydrogens is 402 g/mol. The Morgan fingerprint density at radius 1 is 1.17 bits per heavy atom. The lowest BCUT2D eigenvalue weighted by Gasteiger charge is -2.06.